The van der Waals surface area contributed by atoms with E-state index in [1.165, 1.54) is 14.2 Å². The summed E-state index contributed by atoms with van der Waals surface area (Å²) in [7, 11) is 3.08. The number of methoxy groups -OCH3 is 2. The van der Waals surface area contributed by atoms with E-state index in [-0.39, 0.29) is 11.9 Å². The predicted molar refractivity (Wildman–Crippen MR) is 76.5 cm³/mol. The molecule has 1 saturated heterocycles. The van der Waals surface area contributed by atoms with Gasteiger partial charge in [-0.05, 0) is 31.5 Å². The minimum atomic E-state index is 0.0437. The fraction of sp³-hybridized carbons (Fsp3) is 0.600. The van der Waals surface area contributed by atoms with E-state index in [9.17, 15) is 5.11 Å². The maximum atomic E-state index is 9.93. The molecule has 1 aromatic carbocycles. The van der Waals surface area contributed by atoms with Gasteiger partial charge in [-0.3, -0.25) is 4.90 Å². The number of morpholine rings is 1. The van der Waals surface area contributed by atoms with Crippen molar-refractivity contribution in [1.29, 1.82) is 0 Å². The fourth-order valence-corrected chi connectivity index (χ4v) is 2.47. The number of phenolic OH excluding ortho intramolecular Hbond substituents is 1. The summed E-state index contributed by atoms with van der Waals surface area (Å²) in [6.07, 6.45) is 0.243. The van der Waals surface area contributed by atoms with Crippen LogP contribution in [0.5, 0.6) is 17.2 Å². The van der Waals surface area contributed by atoms with E-state index in [1.807, 2.05) is 12.1 Å². The Kier molecular flexibility index (Phi) is 4.73. The van der Waals surface area contributed by atoms with E-state index >= 15 is 0 Å². The zero-order valence-corrected chi connectivity index (χ0v) is 12.5. The van der Waals surface area contributed by atoms with Gasteiger partial charge < -0.3 is 19.3 Å². The number of aromatic hydroxyl groups is 1. The molecule has 0 radical (unpaired) electrons. The first-order chi connectivity index (χ1) is 9.55. The molecule has 5 heteroatoms. The Balaban J connectivity index is 2.20. The minimum absolute atomic E-state index is 0.0437. The lowest BCUT2D eigenvalue weighted by Gasteiger charge is -2.36. The van der Waals surface area contributed by atoms with E-state index in [4.69, 9.17) is 14.2 Å². The summed E-state index contributed by atoms with van der Waals surface area (Å²) in [5.74, 6) is 0.920. The molecular weight excluding hydrogens is 258 g/mol. The summed E-state index contributed by atoms with van der Waals surface area (Å²) in [6, 6.07) is 4.08. The predicted octanol–water partition coefficient (Wildman–Crippen LogP) is 2.02. The van der Waals surface area contributed by atoms with Gasteiger partial charge in [0.1, 0.15) is 0 Å². The van der Waals surface area contributed by atoms with Crippen molar-refractivity contribution in [1.82, 2.24) is 4.90 Å². The number of hydrogen-bond donors (Lipinski definition) is 1. The molecule has 0 saturated carbocycles. The first-order valence-corrected chi connectivity index (χ1v) is 6.84. The van der Waals surface area contributed by atoms with Gasteiger partial charge in [0.15, 0.2) is 11.5 Å². The number of rotatable bonds is 4. The molecule has 1 N–H and O–H groups in total. The quantitative estimate of drug-likeness (QED) is 0.915. The van der Waals surface area contributed by atoms with Gasteiger partial charge in [-0.25, -0.2) is 0 Å². The second-order valence-electron chi connectivity index (χ2n) is 5.27. The molecule has 0 aliphatic carbocycles. The third-order valence-electron chi connectivity index (χ3n) is 3.66. The molecule has 1 fully saturated rings. The normalized spacial score (nSPS) is 23.6. The van der Waals surface area contributed by atoms with Crippen LogP contribution in [0.15, 0.2) is 12.1 Å². The molecule has 20 heavy (non-hydrogen) atoms. The average molecular weight is 281 g/mol. The maximum absolute atomic E-state index is 9.93. The highest BCUT2D eigenvalue weighted by Crippen LogP contribution is 2.37. The summed E-state index contributed by atoms with van der Waals surface area (Å²) in [4.78, 5) is 2.36. The number of nitrogens with zero attached hydrogens (tertiary/aromatic N) is 1. The van der Waals surface area contributed by atoms with Crippen LogP contribution in [0.2, 0.25) is 0 Å². The Morgan fingerprint density at radius 2 is 1.85 bits per heavy atom. The lowest BCUT2D eigenvalue weighted by Crippen LogP contribution is -2.46. The van der Waals surface area contributed by atoms with Gasteiger partial charge in [0.2, 0.25) is 5.75 Å². The van der Waals surface area contributed by atoms with Gasteiger partial charge in [0, 0.05) is 19.1 Å². The highest BCUT2D eigenvalue weighted by molar-refractivity contribution is 5.52. The third-order valence-corrected chi connectivity index (χ3v) is 3.66. The smallest absolute Gasteiger partial charge is 0.200 e. The second kappa shape index (κ2) is 6.33. The summed E-state index contributed by atoms with van der Waals surface area (Å²) < 4.78 is 16.0. The molecular formula is C15H23NO4. The topological polar surface area (TPSA) is 51.2 Å². The average Bonchev–Trinajstić information content (AvgIpc) is 2.44. The monoisotopic (exact) mass is 281 g/mol. The van der Waals surface area contributed by atoms with Crippen molar-refractivity contribution < 1.29 is 19.3 Å². The van der Waals surface area contributed by atoms with E-state index < -0.39 is 0 Å². The first-order valence-electron chi connectivity index (χ1n) is 6.84. The Morgan fingerprint density at radius 3 is 2.40 bits per heavy atom. The summed E-state index contributed by atoms with van der Waals surface area (Å²) in [5, 5.41) is 9.93. The van der Waals surface area contributed by atoms with Crippen LogP contribution in [0, 0.1) is 0 Å². The number of hydrogen-bond acceptors (Lipinski definition) is 5. The standard InChI is InChI=1S/C15H23NO4/c1-10-9-20-11(2)7-16(10)8-12-5-13(18-3)15(17)14(6-12)19-4/h5-6,10-11,17H,7-9H2,1-4H3. The Hall–Kier alpha value is -1.46. The lowest BCUT2D eigenvalue weighted by atomic mass is 10.1. The molecule has 0 amide bonds. The van der Waals surface area contributed by atoms with Crippen LogP contribution >= 0.6 is 0 Å². The largest absolute Gasteiger partial charge is 0.502 e. The highest BCUT2D eigenvalue weighted by atomic mass is 16.5. The molecule has 0 spiro atoms. The molecule has 1 aliphatic heterocycles. The number of phenols is 1. The van der Waals surface area contributed by atoms with E-state index in [2.05, 4.69) is 18.7 Å². The zero-order valence-electron chi connectivity index (χ0n) is 12.5. The van der Waals surface area contributed by atoms with Crippen molar-refractivity contribution in [3.63, 3.8) is 0 Å². The SMILES string of the molecule is COc1cc(CN2CC(C)OCC2C)cc(OC)c1O. The van der Waals surface area contributed by atoms with E-state index in [0.29, 0.717) is 17.5 Å². The molecule has 2 rings (SSSR count). The molecule has 0 bridgehead atoms. The minimum Gasteiger partial charge on any atom is -0.502 e. The summed E-state index contributed by atoms with van der Waals surface area (Å²) in [5.41, 5.74) is 1.05. The highest BCUT2D eigenvalue weighted by Gasteiger charge is 2.24. The first kappa shape index (κ1) is 14.9. The number of ether oxygens (including phenoxy) is 3. The van der Waals surface area contributed by atoms with Crippen molar-refractivity contribution in [2.45, 2.75) is 32.5 Å². The molecule has 2 atom stereocenters. The molecule has 112 valence electrons. The Labute approximate surface area is 120 Å². The molecule has 0 aromatic heterocycles. The van der Waals surface area contributed by atoms with Gasteiger partial charge in [-0.1, -0.05) is 0 Å². The van der Waals surface area contributed by atoms with Crippen LogP contribution in [0.3, 0.4) is 0 Å². The molecule has 1 heterocycles. The van der Waals surface area contributed by atoms with Gasteiger partial charge in [-0.2, -0.15) is 0 Å². The molecule has 1 aromatic rings. The van der Waals surface area contributed by atoms with Crippen molar-refractivity contribution in [3.8, 4) is 17.2 Å². The van der Waals surface area contributed by atoms with Crippen LogP contribution in [-0.4, -0.2) is 49.5 Å². The summed E-state index contributed by atoms with van der Waals surface area (Å²) in [6.45, 7) is 6.65. The second-order valence-corrected chi connectivity index (χ2v) is 5.27. The van der Waals surface area contributed by atoms with Crippen LogP contribution < -0.4 is 9.47 Å². The van der Waals surface area contributed by atoms with Crippen molar-refractivity contribution in [3.05, 3.63) is 17.7 Å². The van der Waals surface area contributed by atoms with Crippen LogP contribution in [0.1, 0.15) is 19.4 Å². The molecule has 5 nitrogen and oxygen atoms in total. The van der Waals surface area contributed by atoms with Crippen LogP contribution in [0.25, 0.3) is 0 Å². The molecule has 2 unspecified atom stereocenters. The van der Waals surface area contributed by atoms with Crippen molar-refractivity contribution in [2.24, 2.45) is 0 Å². The Morgan fingerprint density at radius 1 is 1.25 bits per heavy atom. The third kappa shape index (κ3) is 3.16. The van der Waals surface area contributed by atoms with Gasteiger partial charge >= 0.3 is 0 Å². The van der Waals surface area contributed by atoms with E-state index in [0.717, 1.165) is 25.3 Å². The zero-order chi connectivity index (χ0) is 14.7. The van der Waals surface area contributed by atoms with Gasteiger partial charge in [-0.15, -0.1) is 0 Å². The molecule has 1 aliphatic rings. The van der Waals surface area contributed by atoms with Gasteiger partial charge in [0.25, 0.3) is 0 Å². The fourth-order valence-electron chi connectivity index (χ4n) is 2.47. The van der Waals surface area contributed by atoms with Crippen molar-refractivity contribution >= 4 is 0 Å². The van der Waals surface area contributed by atoms with Crippen molar-refractivity contribution in [2.75, 3.05) is 27.4 Å². The summed E-state index contributed by atoms with van der Waals surface area (Å²) >= 11 is 0. The Bertz CT molecular complexity index is 438. The lowest BCUT2D eigenvalue weighted by molar-refractivity contribution is -0.0526. The van der Waals surface area contributed by atoms with Gasteiger partial charge in [0.05, 0.1) is 26.9 Å². The maximum Gasteiger partial charge on any atom is 0.200 e. The number of benzene rings is 1. The van der Waals surface area contributed by atoms with Crippen LogP contribution in [0.4, 0.5) is 0 Å². The van der Waals surface area contributed by atoms with E-state index in [1.54, 1.807) is 0 Å². The van der Waals surface area contributed by atoms with Crippen LogP contribution in [-0.2, 0) is 11.3 Å².